The van der Waals surface area contributed by atoms with Gasteiger partial charge in [-0.2, -0.15) is 0 Å². The van der Waals surface area contributed by atoms with Crippen molar-refractivity contribution >= 4 is 0 Å². The molecule has 0 aliphatic rings. The van der Waals surface area contributed by atoms with Gasteiger partial charge in [-0.1, -0.05) is 37.3 Å². The van der Waals surface area contributed by atoms with Crippen LogP contribution in [0.3, 0.4) is 0 Å². The topological polar surface area (TPSA) is 44.3 Å². The van der Waals surface area contributed by atoms with E-state index in [9.17, 15) is 5.11 Å². The second kappa shape index (κ2) is 6.88. The van der Waals surface area contributed by atoms with Crippen LogP contribution in [-0.2, 0) is 0 Å². The van der Waals surface area contributed by atoms with Crippen molar-refractivity contribution in [2.75, 3.05) is 20.2 Å². The van der Waals surface area contributed by atoms with Gasteiger partial charge in [0.15, 0.2) is 0 Å². The molecule has 0 fully saturated rings. The highest BCUT2D eigenvalue weighted by Gasteiger charge is 2.21. The molecule has 0 aliphatic carbocycles. The predicted molar refractivity (Wildman–Crippen MR) is 76.6 cm³/mol. The fourth-order valence-corrected chi connectivity index (χ4v) is 2.05. The number of aliphatic hydroxyl groups excluding tert-OH is 1. The average molecular weight is 250 g/mol. The summed E-state index contributed by atoms with van der Waals surface area (Å²) in [4.78, 5) is 0. The molecule has 1 aromatic rings. The summed E-state index contributed by atoms with van der Waals surface area (Å²) in [5, 5.41) is 16.0. The first kappa shape index (κ1) is 15.2. The molecule has 18 heavy (non-hydrogen) atoms. The second-order valence-corrected chi connectivity index (χ2v) is 5.58. The van der Waals surface area contributed by atoms with Gasteiger partial charge in [0.05, 0.1) is 6.61 Å². The monoisotopic (exact) mass is 250 g/mol. The summed E-state index contributed by atoms with van der Waals surface area (Å²) in [5.41, 5.74) is 1.08. The highest BCUT2D eigenvalue weighted by Crippen LogP contribution is 2.21. The van der Waals surface area contributed by atoms with E-state index < -0.39 is 0 Å². The largest absolute Gasteiger partial charge is 0.394 e. The van der Waals surface area contributed by atoms with E-state index in [1.807, 2.05) is 27.0 Å². The van der Waals surface area contributed by atoms with Gasteiger partial charge in [-0.05, 0) is 32.4 Å². The van der Waals surface area contributed by atoms with Crippen molar-refractivity contribution in [3.8, 4) is 0 Å². The molecule has 0 amide bonds. The van der Waals surface area contributed by atoms with Gasteiger partial charge in [0.25, 0.3) is 0 Å². The Bertz CT molecular complexity index is 338. The van der Waals surface area contributed by atoms with Crippen molar-refractivity contribution in [3.63, 3.8) is 0 Å². The Balaban J connectivity index is 2.61. The summed E-state index contributed by atoms with van der Waals surface area (Å²) in [6, 6.07) is 10.8. The first-order valence-corrected chi connectivity index (χ1v) is 6.58. The highest BCUT2D eigenvalue weighted by molar-refractivity contribution is 5.19. The summed E-state index contributed by atoms with van der Waals surface area (Å²) in [5.74, 6) is 0.447. The van der Waals surface area contributed by atoms with E-state index in [-0.39, 0.29) is 12.1 Å². The lowest BCUT2D eigenvalue weighted by Crippen LogP contribution is -2.46. The molecule has 0 saturated carbocycles. The first-order chi connectivity index (χ1) is 8.50. The number of nitrogens with one attached hydrogen (secondary N) is 2. The van der Waals surface area contributed by atoms with Crippen LogP contribution in [0.15, 0.2) is 30.3 Å². The highest BCUT2D eigenvalue weighted by atomic mass is 16.3. The molecule has 0 heterocycles. The van der Waals surface area contributed by atoms with Gasteiger partial charge in [-0.15, -0.1) is 0 Å². The van der Waals surface area contributed by atoms with Crippen LogP contribution in [0.2, 0.25) is 0 Å². The Morgan fingerprint density at radius 1 is 1.22 bits per heavy atom. The van der Waals surface area contributed by atoms with E-state index in [1.165, 1.54) is 5.56 Å². The Morgan fingerprint density at radius 2 is 1.83 bits per heavy atom. The van der Waals surface area contributed by atoms with Crippen LogP contribution in [0, 0.1) is 5.92 Å². The summed E-state index contributed by atoms with van der Waals surface area (Å²) in [7, 11) is 1.99. The van der Waals surface area contributed by atoms with Crippen LogP contribution >= 0.6 is 0 Å². The fourth-order valence-electron chi connectivity index (χ4n) is 2.05. The SMILES string of the molecule is CN[C@@H](c1ccccc1)[C@@H](C)CNC(C)(C)CO. The zero-order valence-electron chi connectivity index (χ0n) is 11.9. The van der Waals surface area contributed by atoms with Gasteiger partial charge in [-0.25, -0.2) is 0 Å². The van der Waals surface area contributed by atoms with E-state index in [2.05, 4.69) is 41.8 Å². The molecule has 0 saturated heterocycles. The van der Waals surface area contributed by atoms with Gasteiger partial charge >= 0.3 is 0 Å². The molecule has 3 nitrogen and oxygen atoms in total. The van der Waals surface area contributed by atoms with E-state index >= 15 is 0 Å². The normalized spacial score (nSPS) is 15.4. The van der Waals surface area contributed by atoms with Crippen molar-refractivity contribution in [1.82, 2.24) is 10.6 Å². The standard InChI is InChI=1S/C15H26N2O/c1-12(10-17-15(2,3)11-18)14(16-4)13-8-6-5-7-9-13/h5-9,12,14,16-18H,10-11H2,1-4H3/t12-,14+/m0/s1. The third-order valence-electron chi connectivity index (χ3n) is 3.34. The van der Waals surface area contributed by atoms with Crippen LogP contribution in [0.4, 0.5) is 0 Å². The molecule has 1 rings (SSSR count). The van der Waals surface area contributed by atoms with Crippen LogP contribution in [0.25, 0.3) is 0 Å². The molecule has 0 aliphatic heterocycles. The number of hydrogen-bond donors (Lipinski definition) is 3. The number of hydrogen-bond acceptors (Lipinski definition) is 3. The molecule has 3 heteroatoms. The van der Waals surface area contributed by atoms with E-state index in [4.69, 9.17) is 0 Å². The Kier molecular flexibility index (Phi) is 5.79. The fraction of sp³-hybridized carbons (Fsp3) is 0.600. The molecular weight excluding hydrogens is 224 g/mol. The average Bonchev–Trinajstić information content (AvgIpc) is 2.39. The third kappa shape index (κ3) is 4.41. The lowest BCUT2D eigenvalue weighted by atomic mass is 9.93. The maximum atomic E-state index is 9.24. The molecule has 0 radical (unpaired) electrons. The molecular formula is C15H26N2O. The lowest BCUT2D eigenvalue weighted by Gasteiger charge is -2.29. The minimum absolute atomic E-state index is 0.148. The Hall–Kier alpha value is -0.900. The number of benzene rings is 1. The van der Waals surface area contributed by atoms with Crippen molar-refractivity contribution < 1.29 is 5.11 Å². The van der Waals surface area contributed by atoms with E-state index in [1.54, 1.807) is 0 Å². The molecule has 0 bridgehead atoms. The molecule has 0 aromatic heterocycles. The van der Waals surface area contributed by atoms with Crippen LogP contribution in [0.1, 0.15) is 32.4 Å². The molecule has 102 valence electrons. The Labute approximate surface area is 111 Å². The van der Waals surface area contributed by atoms with Gasteiger partial charge in [-0.3, -0.25) is 0 Å². The van der Waals surface area contributed by atoms with Crippen LogP contribution < -0.4 is 10.6 Å². The van der Waals surface area contributed by atoms with E-state index in [0.29, 0.717) is 12.0 Å². The number of aliphatic hydroxyl groups is 1. The van der Waals surface area contributed by atoms with E-state index in [0.717, 1.165) is 6.54 Å². The molecule has 3 N–H and O–H groups in total. The molecule has 0 spiro atoms. The quantitative estimate of drug-likeness (QED) is 0.693. The summed E-state index contributed by atoms with van der Waals surface area (Å²) >= 11 is 0. The third-order valence-corrected chi connectivity index (χ3v) is 3.34. The zero-order chi connectivity index (χ0) is 13.6. The van der Waals surface area contributed by atoms with Crippen molar-refractivity contribution in [1.29, 1.82) is 0 Å². The van der Waals surface area contributed by atoms with Crippen molar-refractivity contribution in [2.24, 2.45) is 5.92 Å². The minimum atomic E-state index is -0.219. The van der Waals surface area contributed by atoms with Crippen molar-refractivity contribution in [3.05, 3.63) is 35.9 Å². The lowest BCUT2D eigenvalue weighted by molar-refractivity contribution is 0.180. The van der Waals surface area contributed by atoms with Gasteiger partial charge in [0, 0.05) is 18.1 Å². The minimum Gasteiger partial charge on any atom is -0.394 e. The van der Waals surface area contributed by atoms with Gasteiger partial charge in [0.1, 0.15) is 0 Å². The molecule has 0 unspecified atom stereocenters. The first-order valence-electron chi connectivity index (χ1n) is 6.58. The van der Waals surface area contributed by atoms with Crippen LogP contribution in [0.5, 0.6) is 0 Å². The molecule has 2 atom stereocenters. The summed E-state index contributed by atoms with van der Waals surface area (Å²) in [6.07, 6.45) is 0. The molecule has 1 aromatic carbocycles. The van der Waals surface area contributed by atoms with Crippen LogP contribution in [-0.4, -0.2) is 30.8 Å². The second-order valence-electron chi connectivity index (χ2n) is 5.58. The maximum absolute atomic E-state index is 9.24. The summed E-state index contributed by atoms with van der Waals surface area (Å²) in [6.45, 7) is 7.26. The van der Waals surface area contributed by atoms with Gasteiger partial charge in [0.2, 0.25) is 0 Å². The Morgan fingerprint density at radius 3 is 2.33 bits per heavy atom. The summed E-state index contributed by atoms with van der Waals surface area (Å²) < 4.78 is 0. The number of rotatable bonds is 7. The van der Waals surface area contributed by atoms with Crippen molar-refractivity contribution in [2.45, 2.75) is 32.4 Å². The predicted octanol–water partition coefficient (Wildman–Crippen LogP) is 1.94. The maximum Gasteiger partial charge on any atom is 0.0607 e. The smallest absolute Gasteiger partial charge is 0.0607 e. The zero-order valence-corrected chi connectivity index (χ0v) is 11.9. The van der Waals surface area contributed by atoms with Gasteiger partial charge < -0.3 is 15.7 Å².